The monoisotopic (exact) mass is 272 g/mol. The van der Waals surface area contributed by atoms with Crippen LogP contribution in [0.5, 0.6) is 0 Å². The van der Waals surface area contributed by atoms with Crippen LogP contribution in [0.2, 0.25) is 10.0 Å². The largest absolute Gasteiger partial charge is 0.307 e. The molecule has 0 spiro atoms. The number of rotatable bonds is 2. The first kappa shape index (κ1) is 12.0. The second-order valence-corrected chi connectivity index (χ2v) is 4.01. The summed E-state index contributed by atoms with van der Waals surface area (Å²) in [7, 11) is 0. The van der Waals surface area contributed by atoms with E-state index in [1.807, 2.05) is 0 Å². The molecular weight excluding hydrogens is 266 g/mol. The van der Waals surface area contributed by atoms with Gasteiger partial charge in [-0.1, -0.05) is 23.2 Å². The number of benzene rings is 1. The molecule has 88 valence electrons. The van der Waals surface area contributed by atoms with Gasteiger partial charge in [0, 0.05) is 5.56 Å². The highest BCUT2D eigenvalue weighted by Crippen LogP contribution is 2.31. The van der Waals surface area contributed by atoms with Crippen molar-refractivity contribution < 1.29 is 4.39 Å². The molecule has 2 aromatic rings. The van der Waals surface area contributed by atoms with E-state index in [1.54, 1.807) is 12.1 Å². The number of nitrogen functional groups attached to an aromatic ring is 1. The topological polar surface area (TPSA) is 63.8 Å². The van der Waals surface area contributed by atoms with E-state index in [-0.39, 0.29) is 5.02 Å². The molecule has 7 heteroatoms. The number of aromatic nitrogens is 2. The summed E-state index contributed by atoms with van der Waals surface area (Å²) in [6.07, 6.45) is 0. The summed E-state index contributed by atoms with van der Waals surface area (Å²) in [5, 5.41) is 7.90. The van der Waals surface area contributed by atoms with Crippen molar-refractivity contribution in [3.8, 4) is 11.3 Å². The molecule has 0 fully saturated rings. The standard InChI is InChI=1S/C10H7Cl2FN4/c11-6-4-7(12)8(13)3-5(6)9-1-2-10(15-14)17-16-9/h1-4H,14H2,(H,15,17). The number of hydrogen-bond acceptors (Lipinski definition) is 4. The first-order chi connectivity index (χ1) is 8.11. The van der Waals surface area contributed by atoms with Gasteiger partial charge >= 0.3 is 0 Å². The van der Waals surface area contributed by atoms with Gasteiger partial charge < -0.3 is 5.43 Å². The van der Waals surface area contributed by atoms with Crippen LogP contribution in [0, 0.1) is 5.82 Å². The lowest BCUT2D eigenvalue weighted by Gasteiger charge is -2.05. The van der Waals surface area contributed by atoms with E-state index >= 15 is 0 Å². The lowest BCUT2D eigenvalue weighted by atomic mass is 10.1. The summed E-state index contributed by atoms with van der Waals surface area (Å²) in [4.78, 5) is 0. The molecule has 0 aliphatic rings. The molecule has 0 aliphatic heterocycles. The average molecular weight is 273 g/mol. The van der Waals surface area contributed by atoms with Crippen molar-refractivity contribution >= 4 is 29.0 Å². The highest BCUT2D eigenvalue weighted by atomic mass is 35.5. The second-order valence-electron chi connectivity index (χ2n) is 3.19. The van der Waals surface area contributed by atoms with E-state index in [4.69, 9.17) is 29.0 Å². The third-order valence-electron chi connectivity index (χ3n) is 2.10. The lowest BCUT2D eigenvalue weighted by Crippen LogP contribution is -2.09. The molecule has 1 aromatic heterocycles. The molecule has 0 unspecified atom stereocenters. The zero-order valence-corrected chi connectivity index (χ0v) is 9.93. The van der Waals surface area contributed by atoms with Crippen molar-refractivity contribution in [2.75, 3.05) is 5.43 Å². The van der Waals surface area contributed by atoms with E-state index in [9.17, 15) is 4.39 Å². The minimum atomic E-state index is -0.561. The van der Waals surface area contributed by atoms with Crippen molar-refractivity contribution in [1.82, 2.24) is 10.2 Å². The van der Waals surface area contributed by atoms with Gasteiger partial charge in [-0.3, -0.25) is 0 Å². The Bertz CT molecular complexity index is 545. The van der Waals surface area contributed by atoms with Gasteiger partial charge in [-0.25, -0.2) is 10.2 Å². The van der Waals surface area contributed by atoms with Crippen LogP contribution in [0.1, 0.15) is 0 Å². The minimum Gasteiger partial charge on any atom is -0.307 e. The quantitative estimate of drug-likeness (QED) is 0.501. The van der Waals surface area contributed by atoms with Gasteiger partial charge in [0.15, 0.2) is 5.82 Å². The number of halogens is 3. The number of anilines is 1. The number of hydrazine groups is 1. The Labute approximate surface area is 107 Å². The Kier molecular flexibility index (Phi) is 3.42. The van der Waals surface area contributed by atoms with Gasteiger partial charge in [-0.2, -0.15) is 0 Å². The molecule has 17 heavy (non-hydrogen) atoms. The fourth-order valence-corrected chi connectivity index (χ4v) is 1.75. The molecule has 1 aromatic carbocycles. The molecular formula is C10H7Cl2FN4. The second kappa shape index (κ2) is 4.83. The molecule has 0 bridgehead atoms. The highest BCUT2D eigenvalue weighted by Gasteiger charge is 2.10. The van der Waals surface area contributed by atoms with E-state index < -0.39 is 5.82 Å². The highest BCUT2D eigenvalue weighted by molar-refractivity contribution is 6.36. The molecule has 0 amide bonds. The molecule has 3 N–H and O–H groups in total. The number of nitrogens with one attached hydrogen (secondary N) is 1. The zero-order chi connectivity index (χ0) is 12.4. The third kappa shape index (κ3) is 2.46. The smallest absolute Gasteiger partial charge is 0.162 e. The molecule has 0 atom stereocenters. The van der Waals surface area contributed by atoms with Gasteiger partial charge in [0.25, 0.3) is 0 Å². The Morgan fingerprint density at radius 2 is 1.88 bits per heavy atom. The predicted octanol–water partition coefficient (Wildman–Crippen LogP) is 2.88. The summed E-state index contributed by atoms with van der Waals surface area (Å²) in [5.41, 5.74) is 3.19. The summed E-state index contributed by atoms with van der Waals surface area (Å²) >= 11 is 11.5. The fraction of sp³-hybridized carbons (Fsp3) is 0. The lowest BCUT2D eigenvalue weighted by molar-refractivity contribution is 0.628. The molecule has 4 nitrogen and oxygen atoms in total. The Morgan fingerprint density at radius 3 is 2.47 bits per heavy atom. The van der Waals surface area contributed by atoms with Crippen LogP contribution in [0.3, 0.4) is 0 Å². The number of nitrogens with zero attached hydrogens (tertiary/aromatic N) is 2. The minimum absolute atomic E-state index is 0.0352. The van der Waals surface area contributed by atoms with Crippen LogP contribution >= 0.6 is 23.2 Å². The van der Waals surface area contributed by atoms with Crippen LogP contribution in [0.25, 0.3) is 11.3 Å². The van der Waals surface area contributed by atoms with Gasteiger partial charge in [-0.15, -0.1) is 10.2 Å². The van der Waals surface area contributed by atoms with E-state index in [0.29, 0.717) is 22.1 Å². The Morgan fingerprint density at radius 1 is 1.12 bits per heavy atom. The van der Waals surface area contributed by atoms with Crippen LogP contribution in [0.4, 0.5) is 10.2 Å². The number of nitrogens with two attached hydrogens (primary N) is 1. The van der Waals surface area contributed by atoms with E-state index in [0.717, 1.165) is 0 Å². The Hall–Kier alpha value is -1.43. The summed E-state index contributed by atoms with van der Waals surface area (Å²) in [5.74, 6) is 5.00. The van der Waals surface area contributed by atoms with Crippen LogP contribution < -0.4 is 11.3 Å². The number of hydrogen-bond donors (Lipinski definition) is 2. The molecule has 0 aliphatic carbocycles. The van der Waals surface area contributed by atoms with Crippen LogP contribution in [0.15, 0.2) is 24.3 Å². The Balaban J connectivity index is 2.48. The molecule has 1 heterocycles. The maximum atomic E-state index is 13.3. The van der Waals surface area contributed by atoms with Gasteiger partial charge in [0.1, 0.15) is 5.82 Å². The molecule has 2 rings (SSSR count). The molecule has 0 saturated heterocycles. The van der Waals surface area contributed by atoms with Crippen molar-refractivity contribution in [1.29, 1.82) is 0 Å². The van der Waals surface area contributed by atoms with Gasteiger partial charge in [-0.05, 0) is 24.3 Å². The van der Waals surface area contributed by atoms with Crippen molar-refractivity contribution in [3.05, 3.63) is 40.1 Å². The molecule has 0 radical (unpaired) electrons. The van der Waals surface area contributed by atoms with Crippen molar-refractivity contribution in [2.45, 2.75) is 0 Å². The summed E-state index contributed by atoms with van der Waals surface area (Å²) in [6, 6.07) is 5.76. The fourth-order valence-electron chi connectivity index (χ4n) is 1.27. The van der Waals surface area contributed by atoms with E-state index in [2.05, 4.69) is 15.6 Å². The van der Waals surface area contributed by atoms with Crippen molar-refractivity contribution in [2.24, 2.45) is 5.84 Å². The third-order valence-corrected chi connectivity index (χ3v) is 2.70. The molecule has 0 saturated carbocycles. The summed E-state index contributed by atoms with van der Waals surface area (Å²) in [6.45, 7) is 0. The summed E-state index contributed by atoms with van der Waals surface area (Å²) < 4.78 is 13.3. The first-order valence-electron chi connectivity index (χ1n) is 4.57. The van der Waals surface area contributed by atoms with E-state index in [1.165, 1.54) is 12.1 Å². The SMILES string of the molecule is NNc1ccc(-c2cc(F)c(Cl)cc2Cl)nn1. The van der Waals surface area contributed by atoms with Crippen LogP contribution in [-0.2, 0) is 0 Å². The zero-order valence-electron chi connectivity index (χ0n) is 8.42. The first-order valence-corrected chi connectivity index (χ1v) is 5.32. The van der Waals surface area contributed by atoms with Crippen LogP contribution in [-0.4, -0.2) is 10.2 Å². The predicted molar refractivity (Wildman–Crippen MR) is 65.3 cm³/mol. The van der Waals surface area contributed by atoms with Gasteiger partial charge in [0.2, 0.25) is 0 Å². The van der Waals surface area contributed by atoms with Crippen molar-refractivity contribution in [3.63, 3.8) is 0 Å². The van der Waals surface area contributed by atoms with Gasteiger partial charge in [0.05, 0.1) is 15.7 Å². The average Bonchev–Trinajstić information content (AvgIpc) is 2.34. The maximum absolute atomic E-state index is 13.3. The normalized spacial score (nSPS) is 10.4. The maximum Gasteiger partial charge on any atom is 0.162 e.